The molecule has 0 saturated carbocycles. The normalized spacial score (nSPS) is 29.9. The second-order valence-electron chi connectivity index (χ2n) is 4.21. The lowest BCUT2D eigenvalue weighted by Gasteiger charge is -2.15. The molecule has 3 atom stereocenters. The summed E-state index contributed by atoms with van der Waals surface area (Å²) in [6.07, 6.45) is 8.14. The zero-order valence-electron chi connectivity index (χ0n) is 8.85. The van der Waals surface area contributed by atoms with E-state index in [1.807, 2.05) is 0 Å². The molecule has 2 aliphatic rings. The molecule has 0 heterocycles. The molecule has 0 aliphatic heterocycles. The third-order valence-electron chi connectivity index (χ3n) is 3.30. The van der Waals surface area contributed by atoms with Gasteiger partial charge < -0.3 is 9.84 Å². The highest BCUT2D eigenvalue weighted by Gasteiger charge is 2.32. The van der Waals surface area contributed by atoms with Crippen LogP contribution in [0, 0.1) is 11.8 Å². The number of carbonyl (C=O) groups is 1. The fourth-order valence-electron chi connectivity index (χ4n) is 2.47. The van der Waals surface area contributed by atoms with Crippen LogP contribution in [0.25, 0.3) is 0 Å². The number of carbonyl (C=O) groups excluding carboxylic acids is 1. The largest absolute Gasteiger partial charge is 0.467 e. The summed E-state index contributed by atoms with van der Waals surface area (Å²) in [6, 6.07) is 0. The van der Waals surface area contributed by atoms with Crippen molar-refractivity contribution in [1.29, 1.82) is 0 Å². The van der Waals surface area contributed by atoms with Gasteiger partial charge in [-0.1, -0.05) is 23.8 Å². The van der Waals surface area contributed by atoms with Gasteiger partial charge in [0, 0.05) is 12.3 Å². The number of aliphatic hydroxyl groups excluding tert-OH is 1. The number of hydrogen-bond donors (Lipinski definition) is 1. The van der Waals surface area contributed by atoms with Gasteiger partial charge >= 0.3 is 5.97 Å². The number of allylic oxidation sites excluding steroid dienone is 3. The quantitative estimate of drug-likeness (QED) is 0.564. The Labute approximate surface area is 89.4 Å². The predicted octanol–water partition coefficient (Wildman–Crippen LogP) is 1.43. The molecular formula is C12H16O3. The van der Waals surface area contributed by atoms with Crippen LogP contribution in [-0.4, -0.2) is 24.3 Å². The van der Waals surface area contributed by atoms with Gasteiger partial charge in [-0.25, -0.2) is 4.79 Å². The number of hydrogen-bond acceptors (Lipinski definition) is 3. The van der Waals surface area contributed by atoms with Gasteiger partial charge in [-0.05, 0) is 18.8 Å². The highest BCUT2D eigenvalue weighted by molar-refractivity contribution is 5.74. The molecule has 2 rings (SSSR count). The highest BCUT2D eigenvalue weighted by atomic mass is 16.5. The van der Waals surface area contributed by atoms with Crippen molar-refractivity contribution in [1.82, 2.24) is 0 Å². The SMILES string of the molecule is COC(=O)C(O)CC1=CCC2CC=CC12. The molecule has 0 aromatic carbocycles. The number of esters is 1. The van der Waals surface area contributed by atoms with Crippen LogP contribution in [0.2, 0.25) is 0 Å². The lowest BCUT2D eigenvalue weighted by atomic mass is 9.92. The Morgan fingerprint density at radius 1 is 1.67 bits per heavy atom. The third kappa shape index (κ3) is 1.97. The summed E-state index contributed by atoms with van der Waals surface area (Å²) in [5, 5.41) is 9.56. The molecule has 2 aliphatic carbocycles. The molecule has 1 N–H and O–H groups in total. The van der Waals surface area contributed by atoms with Crippen LogP contribution in [0.5, 0.6) is 0 Å². The summed E-state index contributed by atoms with van der Waals surface area (Å²) in [7, 11) is 1.30. The van der Waals surface area contributed by atoms with Crippen molar-refractivity contribution in [3.8, 4) is 0 Å². The summed E-state index contributed by atoms with van der Waals surface area (Å²) in [4.78, 5) is 11.1. The molecule has 0 aromatic rings. The van der Waals surface area contributed by atoms with Crippen LogP contribution in [0.15, 0.2) is 23.8 Å². The Bertz CT molecular complexity index is 317. The van der Waals surface area contributed by atoms with E-state index in [9.17, 15) is 9.90 Å². The van der Waals surface area contributed by atoms with E-state index in [1.165, 1.54) is 12.7 Å². The van der Waals surface area contributed by atoms with E-state index in [2.05, 4.69) is 23.0 Å². The summed E-state index contributed by atoms with van der Waals surface area (Å²) >= 11 is 0. The lowest BCUT2D eigenvalue weighted by Crippen LogP contribution is -2.23. The molecule has 0 radical (unpaired) electrons. The molecule has 15 heavy (non-hydrogen) atoms. The topological polar surface area (TPSA) is 46.5 Å². The van der Waals surface area contributed by atoms with Crippen molar-refractivity contribution in [3.05, 3.63) is 23.8 Å². The third-order valence-corrected chi connectivity index (χ3v) is 3.30. The first-order chi connectivity index (χ1) is 7.22. The van der Waals surface area contributed by atoms with Crippen LogP contribution in [0.1, 0.15) is 19.3 Å². The molecule has 3 unspecified atom stereocenters. The monoisotopic (exact) mass is 208 g/mol. The van der Waals surface area contributed by atoms with Gasteiger partial charge in [-0.2, -0.15) is 0 Å². The van der Waals surface area contributed by atoms with Crippen molar-refractivity contribution >= 4 is 5.97 Å². The van der Waals surface area contributed by atoms with Gasteiger partial charge in [0.1, 0.15) is 0 Å². The van der Waals surface area contributed by atoms with Crippen LogP contribution >= 0.6 is 0 Å². The molecule has 3 nitrogen and oxygen atoms in total. The molecule has 0 aromatic heterocycles. The van der Waals surface area contributed by atoms with Crippen LogP contribution in [0.4, 0.5) is 0 Å². The second kappa shape index (κ2) is 4.19. The number of aliphatic hydroxyl groups is 1. The van der Waals surface area contributed by atoms with E-state index in [1.54, 1.807) is 0 Å². The van der Waals surface area contributed by atoms with Gasteiger partial charge in [0.2, 0.25) is 0 Å². The van der Waals surface area contributed by atoms with E-state index in [4.69, 9.17) is 0 Å². The van der Waals surface area contributed by atoms with Gasteiger partial charge in [-0.15, -0.1) is 0 Å². The molecule has 0 spiro atoms. The number of fused-ring (bicyclic) bond motifs is 1. The minimum absolute atomic E-state index is 0.415. The average molecular weight is 208 g/mol. The summed E-state index contributed by atoms with van der Waals surface area (Å²) in [5.41, 5.74) is 1.19. The average Bonchev–Trinajstić information content (AvgIpc) is 2.81. The smallest absolute Gasteiger partial charge is 0.335 e. The second-order valence-corrected chi connectivity index (χ2v) is 4.21. The van der Waals surface area contributed by atoms with E-state index in [-0.39, 0.29) is 0 Å². The van der Waals surface area contributed by atoms with E-state index in [0.717, 1.165) is 12.8 Å². The van der Waals surface area contributed by atoms with Crippen molar-refractivity contribution < 1.29 is 14.6 Å². The van der Waals surface area contributed by atoms with Crippen molar-refractivity contribution in [2.45, 2.75) is 25.4 Å². The first kappa shape index (κ1) is 10.4. The number of ether oxygens (including phenoxy) is 1. The summed E-state index contributed by atoms with van der Waals surface area (Å²) in [5.74, 6) is 0.579. The molecular weight excluding hydrogens is 192 g/mol. The van der Waals surface area contributed by atoms with Crippen LogP contribution in [-0.2, 0) is 9.53 Å². The molecule has 0 saturated heterocycles. The van der Waals surface area contributed by atoms with E-state index >= 15 is 0 Å². The zero-order chi connectivity index (χ0) is 10.8. The maximum absolute atomic E-state index is 11.1. The maximum atomic E-state index is 11.1. The summed E-state index contributed by atoms with van der Waals surface area (Å²) in [6.45, 7) is 0. The van der Waals surface area contributed by atoms with Crippen LogP contribution in [0.3, 0.4) is 0 Å². The fraction of sp³-hybridized carbons (Fsp3) is 0.583. The van der Waals surface area contributed by atoms with Crippen molar-refractivity contribution in [3.63, 3.8) is 0 Å². The minimum Gasteiger partial charge on any atom is -0.467 e. The standard InChI is InChI=1S/C12H16O3/c1-15-12(14)11(13)7-9-6-5-8-3-2-4-10(8)9/h2,4,6,8,10-11,13H,3,5,7H2,1H3. The Morgan fingerprint density at radius 2 is 2.47 bits per heavy atom. The highest BCUT2D eigenvalue weighted by Crippen LogP contribution is 2.41. The first-order valence-electron chi connectivity index (χ1n) is 5.34. The van der Waals surface area contributed by atoms with Gasteiger partial charge in [0.15, 0.2) is 6.10 Å². The van der Waals surface area contributed by atoms with Gasteiger partial charge in [0.05, 0.1) is 7.11 Å². The van der Waals surface area contributed by atoms with Gasteiger partial charge in [-0.3, -0.25) is 0 Å². The Hall–Kier alpha value is -1.09. The van der Waals surface area contributed by atoms with E-state index < -0.39 is 12.1 Å². The first-order valence-corrected chi connectivity index (χ1v) is 5.34. The molecule has 0 amide bonds. The van der Waals surface area contributed by atoms with E-state index in [0.29, 0.717) is 18.3 Å². The Balaban J connectivity index is 1.95. The predicted molar refractivity (Wildman–Crippen MR) is 56.1 cm³/mol. The Kier molecular flexibility index (Phi) is 2.91. The fourth-order valence-corrected chi connectivity index (χ4v) is 2.47. The zero-order valence-corrected chi connectivity index (χ0v) is 8.85. The molecule has 82 valence electrons. The van der Waals surface area contributed by atoms with Gasteiger partial charge in [0.25, 0.3) is 0 Å². The summed E-state index contributed by atoms with van der Waals surface area (Å²) < 4.78 is 4.50. The van der Waals surface area contributed by atoms with Crippen molar-refractivity contribution in [2.75, 3.05) is 7.11 Å². The minimum atomic E-state index is -1.01. The van der Waals surface area contributed by atoms with Crippen LogP contribution < -0.4 is 0 Å². The Morgan fingerprint density at radius 3 is 3.20 bits per heavy atom. The lowest BCUT2D eigenvalue weighted by molar-refractivity contribution is -0.150. The number of methoxy groups -OCH3 is 1. The molecule has 0 bridgehead atoms. The molecule has 3 heteroatoms. The number of rotatable bonds is 3. The van der Waals surface area contributed by atoms with Crippen molar-refractivity contribution in [2.24, 2.45) is 11.8 Å². The maximum Gasteiger partial charge on any atom is 0.335 e. The molecule has 0 fully saturated rings.